The Kier molecular flexibility index (Phi) is 5.00. The zero-order valence-electron chi connectivity index (χ0n) is 13.9. The molecule has 130 valence electrons. The van der Waals surface area contributed by atoms with Crippen molar-refractivity contribution in [1.29, 1.82) is 0 Å². The van der Waals surface area contributed by atoms with Crippen molar-refractivity contribution >= 4 is 33.6 Å². The molecule has 0 saturated heterocycles. The number of carboxylic acids is 1. The number of aliphatic carboxylic acids is 1. The van der Waals surface area contributed by atoms with Gasteiger partial charge in [0.15, 0.2) is 0 Å². The minimum absolute atomic E-state index is 0.0139. The molecule has 25 heavy (non-hydrogen) atoms. The molecule has 1 heterocycles. The fourth-order valence-electron chi connectivity index (χ4n) is 2.85. The van der Waals surface area contributed by atoms with Crippen LogP contribution in [0.5, 0.6) is 0 Å². The molecular formula is C19H19NO5. The number of nitrogens with zero attached hydrogens (tertiary/aromatic N) is 1. The van der Waals surface area contributed by atoms with E-state index in [0.717, 1.165) is 16.2 Å². The maximum atomic E-state index is 12.4. The van der Waals surface area contributed by atoms with Gasteiger partial charge in [-0.1, -0.05) is 30.3 Å². The van der Waals surface area contributed by atoms with Crippen molar-refractivity contribution in [2.75, 3.05) is 26.8 Å². The average Bonchev–Trinajstić information content (AvgIpc) is 3.01. The maximum Gasteiger partial charge on any atom is 0.323 e. The molecule has 1 N–H and O–H groups in total. The third-order valence-electron chi connectivity index (χ3n) is 4.05. The van der Waals surface area contributed by atoms with Crippen molar-refractivity contribution < 1.29 is 23.8 Å². The minimum atomic E-state index is -1.06. The van der Waals surface area contributed by atoms with E-state index in [1.54, 1.807) is 0 Å². The average molecular weight is 341 g/mol. The summed E-state index contributed by atoms with van der Waals surface area (Å²) in [6.45, 7) is 0.153. The number of carbonyl (C=O) groups is 2. The van der Waals surface area contributed by atoms with E-state index >= 15 is 0 Å². The molecule has 2 aromatic carbocycles. The van der Waals surface area contributed by atoms with Crippen LogP contribution in [0.15, 0.2) is 46.9 Å². The maximum absolute atomic E-state index is 12.4. The van der Waals surface area contributed by atoms with E-state index in [1.165, 1.54) is 12.0 Å². The van der Waals surface area contributed by atoms with Crippen molar-refractivity contribution in [1.82, 2.24) is 4.90 Å². The standard InChI is InChI=1S/C19H19NO5/c1-24-9-8-20(12-19(22)23)18(21)11-14-10-16-15-5-3-2-4-13(15)6-7-17(16)25-14/h2-7,10H,8-9,11-12H2,1H3,(H,22,23). The van der Waals surface area contributed by atoms with Crippen LogP contribution < -0.4 is 0 Å². The highest BCUT2D eigenvalue weighted by molar-refractivity contribution is 6.06. The van der Waals surface area contributed by atoms with E-state index in [9.17, 15) is 9.59 Å². The van der Waals surface area contributed by atoms with E-state index in [2.05, 4.69) is 0 Å². The van der Waals surface area contributed by atoms with Crippen LogP contribution in [-0.2, 0) is 20.7 Å². The quantitative estimate of drug-likeness (QED) is 0.715. The van der Waals surface area contributed by atoms with Crippen LogP contribution in [-0.4, -0.2) is 48.7 Å². The molecule has 1 aromatic heterocycles. The fourth-order valence-corrected chi connectivity index (χ4v) is 2.85. The van der Waals surface area contributed by atoms with Gasteiger partial charge in [-0.05, 0) is 22.9 Å². The molecule has 3 aromatic rings. The molecule has 0 aliphatic heterocycles. The van der Waals surface area contributed by atoms with Gasteiger partial charge in [0.1, 0.15) is 17.9 Å². The number of hydrogen-bond acceptors (Lipinski definition) is 4. The predicted molar refractivity (Wildman–Crippen MR) is 93.5 cm³/mol. The van der Waals surface area contributed by atoms with Gasteiger partial charge >= 0.3 is 5.97 Å². The molecule has 0 saturated carbocycles. The largest absolute Gasteiger partial charge is 0.480 e. The van der Waals surface area contributed by atoms with E-state index in [-0.39, 0.29) is 32.0 Å². The highest BCUT2D eigenvalue weighted by Crippen LogP contribution is 2.28. The van der Waals surface area contributed by atoms with Crippen molar-refractivity contribution in [2.24, 2.45) is 0 Å². The Hall–Kier alpha value is -2.86. The van der Waals surface area contributed by atoms with Crippen LogP contribution in [0.25, 0.3) is 21.7 Å². The lowest BCUT2D eigenvalue weighted by Gasteiger charge is -2.19. The molecule has 0 spiro atoms. The second-order valence-electron chi connectivity index (χ2n) is 5.79. The zero-order chi connectivity index (χ0) is 17.8. The molecule has 3 rings (SSSR count). The van der Waals surface area contributed by atoms with E-state index < -0.39 is 5.97 Å². The van der Waals surface area contributed by atoms with Crippen molar-refractivity contribution in [2.45, 2.75) is 6.42 Å². The van der Waals surface area contributed by atoms with Crippen LogP contribution >= 0.6 is 0 Å². The second-order valence-corrected chi connectivity index (χ2v) is 5.79. The van der Waals surface area contributed by atoms with Gasteiger partial charge in [0.2, 0.25) is 5.91 Å². The van der Waals surface area contributed by atoms with Crippen LogP contribution in [0, 0.1) is 0 Å². The van der Waals surface area contributed by atoms with Crippen molar-refractivity contribution in [3.05, 3.63) is 48.2 Å². The summed E-state index contributed by atoms with van der Waals surface area (Å²) in [5, 5.41) is 12.1. The molecule has 0 radical (unpaired) electrons. The van der Waals surface area contributed by atoms with Gasteiger partial charge in [0.25, 0.3) is 0 Å². The highest BCUT2D eigenvalue weighted by atomic mass is 16.5. The summed E-state index contributed by atoms with van der Waals surface area (Å²) in [4.78, 5) is 24.7. The summed E-state index contributed by atoms with van der Waals surface area (Å²) in [6, 6.07) is 13.7. The molecule has 0 fully saturated rings. The second kappa shape index (κ2) is 7.36. The Labute approximate surface area is 144 Å². The number of rotatable bonds is 7. The van der Waals surface area contributed by atoms with E-state index in [1.807, 2.05) is 42.5 Å². The number of hydrogen-bond donors (Lipinski definition) is 1. The van der Waals surface area contributed by atoms with Gasteiger partial charge in [0, 0.05) is 19.0 Å². The number of ether oxygens (including phenoxy) is 1. The van der Waals surface area contributed by atoms with Crippen LogP contribution in [0.2, 0.25) is 0 Å². The predicted octanol–water partition coefficient (Wildman–Crippen LogP) is 2.69. The number of fused-ring (bicyclic) bond motifs is 3. The smallest absolute Gasteiger partial charge is 0.323 e. The summed E-state index contributed by atoms with van der Waals surface area (Å²) < 4.78 is 10.7. The summed E-state index contributed by atoms with van der Waals surface area (Å²) >= 11 is 0. The lowest BCUT2D eigenvalue weighted by molar-refractivity contribution is -0.144. The van der Waals surface area contributed by atoms with Crippen LogP contribution in [0.3, 0.4) is 0 Å². The Balaban J connectivity index is 1.84. The van der Waals surface area contributed by atoms with Crippen molar-refractivity contribution in [3.63, 3.8) is 0 Å². The number of carboxylic acid groups (broad SMARTS) is 1. The number of benzene rings is 2. The van der Waals surface area contributed by atoms with Crippen LogP contribution in [0.4, 0.5) is 0 Å². The van der Waals surface area contributed by atoms with E-state index in [4.69, 9.17) is 14.3 Å². The Morgan fingerprint density at radius 1 is 1.16 bits per heavy atom. The summed E-state index contributed by atoms with van der Waals surface area (Å²) in [5.74, 6) is -0.841. The number of carbonyl (C=O) groups excluding carboxylic acids is 1. The first-order chi connectivity index (χ1) is 12.1. The fraction of sp³-hybridized carbons (Fsp3) is 0.263. The van der Waals surface area contributed by atoms with Gasteiger partial charge in [-0.15, -0.1) is 0 Å². The van der Waals surface area contributed by atoms with Gasteiger partial charge < -0.3 is 19.2 Å². The zero-order valence-corrected chi connectivity index (χ0v) is 13.9. The molecule has 0 atom stereocenters. The van der Waals surface area contributed by atoms with Crippen molar-refractivity contribution in [3.8, 4) is 0 Å². The first kappa shape index (κ1) is 17.0. The SMILES string of the molecule is COCCN(CC(=O)O)C(=O)Cc1cc2c(ccc3ccccc32)o1. The van der Waals surface area contributed by atoms with Gasteiger partial charge in [-0.3, -0.25) is 9.59 Å². The number of furan rings is 1. The Morgan fingerprint density at radius 3 is 2.72 bits per heavy atom. The normalized spacial score (nSPS) is 11.1. The molecule has 1 amide bonds. The summed E-state index contributed by atoms with van der Waals surface area (Å²) in [7, 11) is 1.51. The molecule has 0 unspecified atom stereocenters. The number of methoxy groups -OCH3 is 1. The first-order valence-electron chi connectivity index (χ1n) is 7.97. The molecule has 0 bridgehead atoms. The molecule has 6 nitrogen and oxygen atoms in total. The molecule has 0 aliphatic carbocycles. The van der Waals surface area contributed by atoms with Crippen LogP contribution in [0.1, 0.15) is 5.76 Å². The molecular weight excluding hydrogens is 322 g/mol. The third kappa shape index (κ3) is 3.80. The Morgan fingerprint density at radius 2 is 1.96 bits per heavy atom. The lowest BCUT2D eigenvalue weighted by atomic mass is 10.1. The topological polar surface area (TPSA) is 80.0 Å². The minimum Gasteiger partial charge on any atom is -0.480 e. The van der Waals surface area contributed by atoms with E-state index in [0.29, 0.717) is 11.3 Å². The highest BCUT2D eigenvalue weighted by Gasteiger charge is 2.19. The first-order valence-corrected chi connectivity index (χ1v) is 7.97. The van der Waals surface area contributed by atoms with Gasteiger partial charge in [0.05, 0.1) is 13.0 Å². The monoisotopic (exact) mass is 341 g/mol. The summed E-state index contributed by atoms with van der Waals surface area (Å²) in [6.07, 6.45) is 0.0139. The summed E-state index contributed by atoms with van der Waals surface area (Å²) in [5.41, 5.74) is 0.711. The Bertz CT molecular complexity index is 914. The molecule has 6 heteroatoms. The van der Waals surface area contributed by atoms with Gasteiger partial charge in [-0.2, -0.15) is 0 Å². The third-order valence-corrected chi connectivity index (χ3v) is 4.05. The lowest BCUT2D eigenvalue weighted by Crippen LogP contribution is -2.38. The number of amides is 1. The van der Waals surface area contributed by atoms with Gasteiger partial charge in [-0.25, -0.2) is 0 Å². The molecule has 0 aliphatic rings.